The summed E-state index contributed by atoms with van der Waals surface area (Å²) in [5.74, 6) is 0. The lowest BCUT2D eigenvalue weighted by atomic mass is 9.96. The molecule has 0 saturated carbocycles. The van der Waals surface area contributed by atoms with Gasteiger partial charge in [-0.25, -0.2) is 0 Å². The summed E-state index contributed by atoms with van der Waals surface area (Å²) < 4.78 is 1.17. The van der Waals surface area contributed by atoms with Crippen LogP contribution in [0.4, 0.5) is 0 Å². The van der Waals surface area contributed by atoms with Gasteiger partial charge in [-0.15, -0.1) is 0 Å². The molecule has 2 aromatic rings. The Hall–Kier alpha value is -0.860. The molecule has 0 radical (unpaired) electrons. The van der Waals surface area contributed by atoms with Crippen LogP contribution in [0, 0.1) is 0 Å². The van der Waals surface area contributed by atoms with Crippen LogP contribution in [0.2, 0.25) is 0 Å². The van der Waals surface area contributed by atoms with Crippen LogP contribution >= 0.6 is 15.9 Å². The van der Waals surface area contributed by atoms with Gasteiger partial charge in [0.25, 0.3) is 0 Å². The van der Waals surface area contributed by atoms with Crippen LogP contribution in [0.15, 0.2) is 40.9 Å². The molecule has 1 unspecified atom stereocenters. The third kappa shape index (κ3) is 2.76. The lowest BCUT2D eigenvalue weighted by Crippen LogP contribution is -2.20. The van der Waals surface area contributed by atoms with Gasteiger partial charge in [0.2, 0.25) is 0 Å². The molecule has 0 amide bonds. The SMILES string of the molecule is CCCC(NCC)c1ccc(Br)c2ccccc12. The van der Waals surface area contributed by atoms with Crippen molar-refractivity contribution in [2.75, 3.05) is 6.54 Å². The third-order valence-corrected chi connectivity index (χ3v) is 4.00. The Balaban J connectivity index is 2.52. The van der Waals surface area contributed by atoms with E-state index in [0.717, 1.165) is 6.54 Å². The Morgan fingerprint density at radius 1 is 1.06 bits per heavy atom. The fourth-order valence-corrected chi connectivity index (χ4v) is 2.97. The Labute approximate surface area is 118 Å². The molecule has 1 nitrogen and oxygen atoms in total. The molecule has 0 aliphatic rings. The monoisotopic (exact) mass is 305 g/mol. The van der Waals surface area contributed by atoms with E-state index in [9.17, 15) is 0 Å². The zero-order valence-corrected chi connectivity index (χ0v) is 12.6. The zero-order chi connectivity index (χ0) is 13.0. The molecule has 2 rings (SSSR count). The first-order valence-electron chi connectivity index (χ1n) is 6.68. The Morgan fingerprint density at radius 2 is 1.78 bits per heavy atom. The van der Waals surface area contributed by atoms with Gasteiger partial charge in [0.05, 0.1) is 0 Å². The summed E-state index contributed by atoms with van der Waals surface area (Å²) in [7, 11) is 0. The Kier molecular flexibility index (Phi) is 4.79. The van der Waals surface area contributed by atoms with Gasteiger partial charge in [-0.3, -0.25) is 0 Å². The van der Waals surface area contributed by atoms with Gasteiger partial charge < -0.3 is 5.32 Å². The normalized spacial score (nSPS) is 12.8. The molecule has 0 saturated heterocycles. The largest absolute Gasteiger partial charge is 0.310 e. The first-order valence-corrected chi connectivity index (χ1v) is 7.47. The second kappa shape index (κ2) is 6.35. The third-order valence-electron chi connectivity index (χ3n) is 3.31. The Bertz CT molecular complexity index is 515. The predicted octanol–water partition coefficient (Wildman–Crippen LogP) is 5.05. The van der Waals surface area contributed by atoms with E-state index in [-0.39, 0.29) is 0 Å². The summed E-state index contributed by atoms with van der Waals surface area (Å²) in [6, 6.07) is 13.5. The molecule has 1 atom stereocenters. The van der Waals surface area contributed by atoms with Crippen molar-refractivity contribution in [1.82, 2.24) is 5.32 Å². The standard InChI is InChI=1S/C16H20BrN/c1-3-7-16(18-4-2)14-10-11-15(17)13-9-6-5-8-12(13)14/h5-6,8-11,16,18H,3-4,7H2,1-2H3. The van der Waals surface area contributed by atoms with Gasteiger partial charge in [-0.05, 0) is 35.4 Å². The van der Waals surface area contributed by atoms with Crippen LogP contribution in [0.5, 0.6) is 0 Å². The highest BCUT2D eigenvalue weighted by Crippen LogP contribution is 2.31. The minimum Gasteiger partial charge on any atom is -0.310 e. The van der Waals surface area contributed by atoms with Crippen LogP contribution in [0.25, 0.3) is 10.8 Å². The van der Waals surface area contributed by atoms with Gasteiger partial charge in [0.1, 0.15) is 0 Å². The summed E-state index contributed by atoms with van der Waals surface area (Å²) in [6.45, 7) is 5.42. The van der Waals surface area contributed by atoms with E-state index in [1.54, 1.807) is 0 Å². The van der Waals surface area contributed by atoms with E-state index in [4.69, 9.17) is 0 Å². The van der Waals surface area contributed by atoms with Gasteiger partial charge >= 0.3 is 0 Å². The second-order valence-electron chi connectivity index (χ2n) is 4.58. The summed E-state index contributed by atoms with van der Waals surface area (Å²) >= 11 is 3.64. The Morgan fingerprint density at radius 3 is 2.44 bits per heavy atom. The first kappa shape index (κ1) is 13.6. The molecule has 18 heavy (non-hydrogen) atoms. The van der Waals surface area contributed by atoms with Crippen LogP contribution < -0.4 is 5.32 Å². The average Bonchev–Trinajstić information content (AvgIpc) is 2.39. The van der Waals surface area contributed by atoms with Crippen LogP contribution in [-0.2, 0) is 0 Å². The van der Waals surface area contributed by atoms with Crippen molar-refractivity contribution in [3.05, 3.63) is 46.4 Å². The van der Waals surface area contributed by atoms with Crippen molar-refractivity contribution >= 4 is 26.7 Å². The molecule has 0 aliphatic heterocycles. The van der Waals surface area contributed by atoms with E-state index in [2.05, 4.69) is 71.5 Å². The highest BCUT2D eigenvalue weighted by molar-refractivity contribution is 9.10. The molecule has 2 heteroatoms. The lowest BCUT2D eigenvalue weighted by molar-refractivity contribution is 0.512. The smallest absolute Gasteiger partial charge is 0.0326 e. The number of hydrogen-bond donors (Lipinski definition) is 1. The van der Waals surface area contributed by atoms with E-state index in [1.165, 1.54) is 33.7 Å². The van der Waals surface area contributed by atoms with Crippen molar-refractivity contribution in [2.24, 2.45) is 0 Å². The maximum atomic E-state index is 3.64. The van der Waals surface area contributed by atoms with Gasteiger partial charge in [0, 0.05) is 10.5 Å². The summed E-state index contributed by atoms with van der Waals surface area (Å²) in [5, 5.41) is 6.25. The highest BCUT2D eigenvalue weighted by atomic mass is 79.9. The maximum absolute atomic E-state index is 3.64. The zero-order valence-electron chi connectivity index (χ0n) is 11.0. The molecule has 0 bridgehead atoms. The minimum absolute atomic E-state index is 0.456. The van der Waals surface area contributed by atoms with Crippen LogP contribution in [-0.4, -0.2) is 6.54 Å². The van der Waals surface area contributed by atoms with Crippen LogP contribution in [0.3, 0.4) is 0 Å². The fraction of sp³-hybridized carbons (Fsp3) is 0.375. The van der Waals surface area contributed by atoms with E-state index < -0.39 is 0 Å². The molecule has 0 heterocycles. The second-order valence-corrected chi connectivity index (χ2v) is 5.44. The molecule has 2 aromatic carbocycles. The minimum atomic E-state index is 0.456. The van der Waals surface area contributed by atoms with Crippen molar-refractivity contribution in [1.29, 1.82) is 0 Å². The van der Waals surface area contributed by atoms with Crippen LogP contribution in [0.1, 0.15) is 38.3 Å². The molecule has 0 spiro atoms. The van der Waals surface area contributed by atoms with E-state index in [1.807, 2.05) is 0 Å². The molecule has 0 fully saturated rings. The number of benzene rings is 2. The number of rotatable bonds is 5. The number of fused-ring (bicyclic) bond motifs is 1. The predicted molar refractivity (Wildman–Crippen MR) is 83.0 cm³/mol. The first-order chi connectivity index (χ1) is 8.77. The summed E-state index contributed by atoms with van der Waals surface area (Å²) in [5.41, 5.74) is 1.41. The van der Waals surface area contributed by atoms with Crippen molar-refractivity contribution < 1.29 is 0 Å². The number of nitrogens with one attached hydrogen (secondary N) is 1. The number of halogens is 1. The van der Waals surface area contributed by atoms with E-state index >= 15 is 0 Å². The average molecular weight is 306 g/mol. The topological polar surface area (TPSA) is 12.0 Å². The van der Waals surface area contributed by atoms with Gasteiger partial charge in [0.15, 0.2) is 0 Å². The van der Waals surface area contributed by atoms with Gasteiger partial charge in [-0.1, -0.05) is 66.5 Å². The fourth-order valence-electron chi connectivity index (χ4n) is 2.49. The maximum Gasteiger partial charge on any atom is 0.0326 e. The van der Waals surface area contributed by atoms with Crippen molar-refractivity contribution in [3.8, 4) is 0 Å². The number of hydrogen-bond acceptors (Lipinski definition) is 1. The summed E-state index contributed by atoms with van der Waals surface area (Å²) in [4.78, 5) is 0. The molecular weight excluding hydrogens is 286 g/mol. The molecule has 0 aromatic heterocycles. The molecule has 96 valence electrons. The highest BCUT2D eigenvalue weighted by Gasteiger charge is 2.13. The summed E-state index contributed by atoms with van der Waals surface area (Å²) in [6.07, 6.45) is 2.38. The molecule has 1 N–H and O–H groups in total. The van der Waals surface area contributed by atoms with Crippen molar-refractivity contribution in [3.63, 3.8) is 0 Å². The molecule has 0 aliphatic carbocycles. The lowest BCUT2D eigenvalue weighted by Gasteiger charge is -2.20. The van der Waals surface area contributed by atoms with E-state index in [0.29, 0.717) is 6.04 Å². The van der Waals surface area contributed by atoms with Crippen molar-refractivity contribution in [2.45, 2.75) is 32.7 Å². The molecular formula is C16H20BrN. The van der Waals surface area contributed by atoms with Gasteiger partial charge in [-0.2, -0.15) is 0 Å². The quantitative estimate of drug-likeness (QED) is 0.815.